The Balaban J connectivity index is 2.09. The number of rotatable bonds is 8. The number of hydrogen-bond acceptors (Lipinski definition) is 2. The second-order valence-electron chi connectivity index (χ2n) is 4.26. The van der Waals surface area contributed by atoms with E-state index in [-0.39, 0.29) is 6.04 Å². The van der Waals surface area contributed by atoms with E-state index in [2.05, 4.69) is 36.5 Å². The number of hydrogen-bond donors (Lipinski definition) is 2. The normalized spacial score (nSPS) is 12.6. The standard InChI is InChI=1S/C14H24N2/c1-2-3-11-16-12-7-10-14(15)13-8-5-4-6-9-13/h4-6,8-9,14,16H,2-3,7,10-12,15H2,1H3. The fourth-order valence-corrected chi connectivity index (χ4v) is 1.74. The average molecular weight is 220 g/mol. The van der Waals surface area contributed by atoms with Gasteiger partial charge in [0.2, 0.25) is 0 Å². The second kappa shape index (κ2) is 8.31. The van der Waals surface area contributed by atoms with Gasteiger partial charge < -0.3 is 11.1 Å². The smallest absolute Gasteiger partial charge is 0.0295 e. The van der Waals surface area contributed by atoms with Crippen molar-refractivity contribution in [2.24, 2.45) is 5.73 Å². The first-order valence-corrected chi connectivity index (χ1v) is 6.36. The van der Waals surface area contributed by atoms with Crippen molar-refractivity contribution < 1.29 is 0 Å². The van der Waals surface area contributed by atoms with Crippen molar-refractivity contribution in [3.05, 3.63) is 35.9 Å². The molecule has 0 aliphatic heterocycles. The van der Waals surface area contributed by atoms with E-state index in [1.807, 2.05) is 6.07 Å². The van der Waals surface area contributed by atoms with Gasteiger partial charge in [-0.25, -0.2) is 0 Å². The highest BCUT2D eigenvalue weighted by Gasteiger charge is 2.03. The maximum absolute atomic E-state index is 6.11. The molecule has 0 heterocycles. The Morgan fingerprint density at radius 1 is 1.12 bits per heavy atom. The summed E-state index contributed by atoms with van der Waals surface area (Å²) in [6.45, 7) is 4.44. The summed E-state index contributed by atoms with van der Waals surface area (Å²) < 4.78 is 0. The molecule has 0 aliphatic carbocycles. The molecule has 0 radical (unpaired) electrons. The molecule has 16 heavy (non-hydrogen) atoms. The van der Waals surface area contributed by atoms with Crippen molar-refractivity contribution >= 4 is 0 Å². The molecule has 0 aliphatic rings. The summed E-state index contributed by atoms with van der Waals surface area (Å²) in [5.74, 6) is 0. The predicted octanol–water partition coefficient (Wildman–Crippen LogP) is 2.86. The minimum absolute atomic E-state index is 0.189. The van der Waals surface area contributed by atoms with Crippen LogP contribution in [0.3, 0.4) is 0 Å². The van der Waals surface area contributed by atoms with Crippen molar-refractivity contribution in [2.75, 3.05) is 13.1 Å². The molecule has 2 heteroatoms. The molecule has 1 atom stereocenters. The van der Waals surface area contributed by atoms with Crippen LogP contribution >= 0.6 is 0 Å². The molecule has 0 saturated heterocycles. The van der Waals surface area contributed by atoms with Crippen LogP contribution < -0.4 is 11.1 Å². The van der Waals surface area contributed by atoms with Crippen LogP contribution in [0.1, 0.15) is 44.2 Å². The maximum atomic E-state index is 6.11. The molecule has 1 aromatic rings. The zero-order valence-electron chi connectivity index (χ0n) is 10.3. The zero-order chi connectivity index (χ0) is 11.6. The SMILES string of the molecule is CCCCNCCCC(N)c1ccccc1. The van der Waals surface area contributed by atoms with Crippen molar-refractivity contribution in [2.45, 2.75) is 38.6 Å². The van der Waals surface area contributed by atoms with E-state index >= 15 is 0 Å². The largest absolute Gasteiger partial charge is 0.324 e. The second-order valence-corrected chi connectivity index (χ2v) is 4.26. The number of unbranched alkanes of at least 4 members (excludes halogenated alkanes) is 1. The third-order valence-electron chi connectivity index (χ3n) is 2.80. The van der Waals surface area contributed by atoms with Crippen molar-refractivity contribution in [1.29, 1.82) is 0 Å². The van der Waals surface area contributed by atoms with Crippen LogP contribution in [0, 0.1) is 0 Å². The summed E-state index contributed by atoms with van der Waals surface area (Å²) in [5.41, 5.74) is 7.35. The van der Waals surface area contributed by atoms with E-state index in [0.29, 0.717) is 0 Å². The molecule has 0 amide bonds. The third kappa shape index (κ3) is 5.29. The van der Waals surface area contributed by atoms with Crippen LogP contribution in [-0.2, 0) is 0 Å². The molecule has 2 nitrogen and oxygen atoms in total. The molecule has 0 saturated carbocycles. The van der Waals surface area contributed by atoms with Gasteiger partial charge in [-0.1, -0.05) is 43.7 Å². The molecular formula is C14H24N2. The third-order valence-corrected chi connectivity index (χ3v) is 2.80. The summed E-state index contributed by atoms with van der Waals surface area (Å²) >= 11 is 0. The maximum Gasteiger partial charge on any atom is 0.0295 e. The van der Waals surface area contributed by atoms with Gasteiger partial charge in [0.05, 0.1) is 0 Å². The van der Waals surface area contributed by atoms with Gasteiger partial charge in [0.1, 0.15) is 0 Å². The Kier molecular flexibility index (Phi) is 6.86. The lowest BCUT2D eigenvalue weighted by atomic mass is 10.0. The Morgan fingerprint density at radius 2 is 1.81 bits per heavy atom. The Morgan fingerprint density at radius 3 is 2.50 bits per heavy atom. The fraction of sp³-hybridized carbons (Fsp3) is 0.571. The number of benzene rings is 1. The molecule has 90 valence electrons. The van der Waals surface area contributed by atoms with E-state index in [4.69, 9.17) is 5.73 Å². The summed E-state index contributed by atoms with van der Waals surface area (Å²) in [5, 5.41) is 3.44. The molecule has 0 fully saturated rings. The molecule has 1 aromatic carbocycles. The minimum Gasteiger partial charge on any atom is -0.324 e. The Labute approximate surface area is 99.2 Å². The first kappa shape index (κ1) is 13.2. The first-order chi connectivity index (χ1) is 7.84. The topological polar surface area (TPSA) is 38.0 Å². The van der Waals surface area contributed by atoms with Crippen molar-refractivity contribution in [1.82, 2.24) is 5.32 Å². The predicted molar refractivity (Wildman–Crippen MR) is 70.4 cm³/mol. The Bertz CT molecular complexity index is 259. The van der Waals surface area contributed by atoms with Crippen molar-refractivity contribution in [3.63, 3.8) is 0 Å². The van der Waals surface area contributed by atoms with Crippen LogP contribution in [-0.4, -0.2) is 13.1 Å². The number of nitrogens with one attached hydrogen (secondary N) is 1. The quantitative estimate of drug-likeness (QED) is 0.661. The summed E-state index contributed by atoms with van der Waals surface area (Å²) in [4.78, 5) is 0. The highest BCUT2D eigenvalue weighted by Crippen LogP contribution is 2.14. The summed E-state index contributed by atoms with van der Waals surface area (Å²) in [6.07, 6.45) is 4.74. The van der Waals surface area contributed by atoms with Crippen LogP contribution in [0.2, 0.25) is 0 Å². The monoisotopic (exact) mass is 220 g/mol. The Hall–Kier alpha value is -0.860. The highest BCUT2D eigenvalue weighted by molar-refractivity contribution is 5.18. The molecule has 0 aromatic heterocycles. The van der Waals surface area contributed by atoms with E-state index in [0.717, 1.165) is 25.9 Å². The van der Waals surface area contributed by atoms with Crippen molar-refractivity contribution in [3.8, 4) is 0 Å². The van der Waals surface area contributed by atoms with Crippen LogP contribution in [0.15, 0.2) is 30.3 Å². The van der Waals surface area contributed by atoms with E-state index in [9.17, 15) is 0 Å². The van der Waals surface area contributed by atoms with Gasteiger partial charge in [0, 0.05) is 6.04 Å². The van der Waals surface area contributed by atoms with E-state index in [1.54, 1.807) is 0 Å². The van der Waals surface area contributed by atoms with Gasteiger partial charge >= 0.3 is 0 Å². The number of nitrogens with two attached hydrogens (primary N) is 1. The average Bonchev–Trinajstić information content (AvgIpc) is 2.34. The van der Waals surface area contributed by atoms with Gasteiger partial charge in [-0.05, 0) is 37.9 Å². The van der Waals surface area contributed by atoms with Crippen LogP contribution in [0.4, 0.5) is 0 Å². The molecule has 0 bridgehead atoms. The van der Waals surface area contributed by atoms with E-state index < -0.39 is 0 Å². The lowest BCUT2D eigenvalue weighted by Gasteiger charge is -2.11. The minimum atomic E-state index is 0.189. The van der Waals surface area contributed by atoms with Gasteiger partial charge in [-0.15, -0.1) is 0 Å². The lowest BCUT2D eigenvalue weighted by molar-refractivity contribution is 0.557. The molecular weight excluding hydrogens is 196 g/mol. The molecule has 0 spiro atoms. The highest BCUT2D eigenvalue weighted by atomic mass is 14.8. The van der Waals surface area contributed by atoms with Gasteiger partial charge in [0.25, 0.3) is 0 Å². The summed E-state index contributed by atoms with van der Waals surface area (Å²) in [6, 6.07) is 10.5. The molecule has 1 rings (SSSR count). The van der Waals surface area contributed by atoms with E-state index in [1.165, 1.54) is 18.4 Å². The lowest BCUT2D eigenvalue weighted by Crippen LogP contribution is -2.18. The van der Waals surface area contributed by atoms with Gasteiger partial charge in [0.15, 0.2) is 0 Å². The van der Waals surface area contributed by atoms with Crippen LogP contribution in [0.5, 0.6) is 0 Å². The molecule has 3 N–H and O–H groups in total. The molecule has 1 unspecified atom stereocenters. The summed E-state index contributed by atoms with van der Waals surface area (Å²) in [7, 11) is 0. The first-order valence-electron chi connectivity index (χ1n) is 6.36. The van der Waals surface area contributed by atoms with Gasteiger partial charge in [-0.2, -0.15) is 0 Å². The fourth-order valence-electron chi connectivity index (χ4n) is 1.74. The zero-order valence-corrected chi connectivity index (χ0v) is 10.3. The van der Waals surface area contributed by atoms with Gasteiger partial charge in [-0.3, -0.25) is 0 Å². The van der Waals surface area contributed by atoms with Crippen LogP contribution in [0.25, 0.3) is 0 Å².